The second-order valence-corrected chi connectivity index (χ2v) is 9.17. The first-order valence-corrected chi connectivity index (χ1v) is 9.09. The summed E-state index contributed by atoms with van der Waals surface area (Å²) in [6.45, 7) is 14.7. The zero-order chi connectivity index (χ0) is 17.1. The first-order valence-electron chi connectivity index (χ1n) is 9.09. The van der Waals surface area contributed by atoms with Gasteiger partial charge in [0.25, 0.3) is 0 Å². The number of carbonyl (C=O) groups is 1. The molecule has 3 nitrogen and oxygen atoms in total. The van der Waals surface area contributed by atoms with Crippen molar-refractivity contribution in [1.82, 2.24) is 0 Å². The van der Waals surface area contributed by atoms with Crippen LogP contribution in [-0.4, -0.2) is 23.3 Å². The summed E-state index contributed by atoms with van der Waals surface area (Å²) in [5, 5.41) is 0. The standard InChI is InChI=1S/C20H32O3/c1-7-18(5)11-12-20(23-18)19(6)10-8-9-17(3,4)16(19)15(22-20)13-14(2)21/h7,15-16H,1,8-13H2,2-6H3. The van der Waals surface area contributed by atoms with E-state index in [0.29, 0.717) is 12.3 Å². The van der Waals surface area contributed by atoms with Crippen LogP contribution in [0.2, 0.25) is 0 Å². The van der Waals surface area contributed by atoms with Gasteiger partial charge in [0.15, 0.2) is 5.79 Å². The molecule has 0 radical (unpaired) electrons. The SMILES string of the molecule is C=CC1(C)CCC2(OC(CC(C)=O)C3C(C)(C)CCCC32C)O1. The molecule has 0 bridgehead atoms. The predicted molar refractivity (Wildman–Crippen MR) is 91.1 cm³/mol. The lowest BCUT2D eigenvalue weighted by molar-refractivity contribution is -0.272. The van der Waals surface area contributed by atoms with Crippen LogP contribution in [0.4, 0.5) is 0 Å². The predicted octanol–water partition coefficient (Wildman–Crippen LogP) is 4.65. The quantitative estimate of drug-likeness (QED) is 0.710. The molecule has 2 saturated heterocycles. The Morgan fingerprint density at radius 2 is 1.87 bits per heavy atom. The minimum Gasteiger partial charge on any atom is -0.345 e. The van der Waals surface area contributed by atoms with Gasteiger partial charge < -0.3 is 9.47 Å². The Morgan fingerprint density at radius 3 is 2.43 bits per heavy atom. The molecule has 1 spiro atoms. The van der Waals surface area contributed by atoms with Gasteiger partial charge in [-0.25, -0.2) is 0 Å². The van der Waals surface area contributed by atoms with Crippen LogP contribution in [0.15, 0.2) is 12.7 Å². The van der Waals surface area contributed by atoms with Crippen LogP contribution >= 0.6 is 0 Å². The summed E-state index contributed by atoms with van der Waals surface area (Å²) < 4.78 is 13.2. The molecule has 130 valence electrons. The lowest BCUT2D eigenvalue weighted by Crippen LogP contribution is -2.52. The molecule has 3 aliphatic rings. The van der Waals surface area contributed by atoms with E-state index >= 15 is 0 Å². The lowest BCUT2D eigenvalue weighted by atomic mass is 9.53. The van der Waals surface area contributed by atoms with E-state index in [1.807, 2.05) is 6.08 Å². The number of Topliss-reactive ketones (excluding diaryl/α,β-unsaturated/α-hetero) is 1. The number of fused-ring (bicyclic) bond motifs is 2. The number of ether oxygens (including phenoxy) is 2. The fourth-order valence-electron chi connectivity index (χ4n) is 5.84. The van der Waals surface area contributed by atoms with E-state index in [1.165, 1.54) is 12.8 Å². The number of hydrogen-bond acceptors (Lipinski definition) is 3. The van der Waals surface area contributed by atoms with Gasteiger partial charge in [-0.05, 0) is 38.5 Å². The molecule has 2 heterocycles. The second-order valence-electron chi connectivity index (χ2n) is 9.17. The van der Waals surface area contributed by atoms with Gasteiger partial charge in [-0.3, -0.25) is 4.79 Å². The summed E-state index contributed by atoms with van der Waals surface area (Å²) in [7, 11) is 0. The van der Waals surface area contributed by atoms with Gasteiger partial charge in [-0.1, -0.05) is 33.3 Å². The summed E-state index contributed by atoms with van der Waals surface area (Å²) in [4.78, 5) is 11.8. The molecule has 0 amide bonds. The fourth-order valence-corrected chi connectivity index (χ4v) is 5.84. The largest absolute Gasteiger partial charge is 0.345 e. The summed E-state index contributed by atoms with van der Waals surface area (Å²) >= 11 is 0. The molecular formula is C20H32O3. The highest BCUT2D eigenvalue weighted by Gasteiger charge is 2.70. The van der Waals surface area contributed by atoms with Crippen molar-refractivity contribution in [3.05, 3.63) is 12.7 Å². The van der Waals surface area contributed by atoms with Crippen LogP contribution < -0.4 is 0 Å². The Kier molecular flexibility index (Phi) is 3.85. The molecule has 3 rings (SSSR count). The Labute approximate surface area is 140 Å². The smallest absolute Gasteiger partial charge is 0.175 e. The molecule has 0 aromatic rings. The van der Waals surface area contributed by atoms with Crippen LogP contribution in [0.25, 0.3) is 0 Å². The third kappa shape index (κ3) is 2.42. The van der Waals surface area contributed by atoms with Crippen molar-refractivity contribution in [2.45, 2.75) is 90.6 Å². The third-order valence-electron chi connectivity index (χ3n) is 6.90. The zero-order valence-corrected chi connectivity index (χ0v) is 15.4. The van der Waals surface area contributed by atoms with Crippen molar-refractivity contribution < 1.29 is 14.3 Å². The Bertz CT molecular complexity index is 525. The van der Waals surface area contributed by atoms with Gasteiger partial charge >= 0.3 is 0 Å². The molecule has 0 N–H and O–H groups in total. The molecule has 5 unspecified atom stereocenters. The molecule has 1 saturated carbocycles. The molecular weight excluding hydrogens is 288 g/mol. The molecule has 5 atom stereocenters. The first kappa shape index (κ1) is 17.2. The van der Waals surface area contributed by atoms with Gasteiger partial charge in [0.1, 0.15) is 5.78 Å². The Balaban J connectivity index is 2.03. The van der Waals surface area contributed by atoms with Crippen LogP contribution in [0.3, 0.4) is 0 Å². The fraction of sp³-hybridized carbons (Fsp3) is 0.850. The maximum Gasteiger partial charge on any atom is 0.175 e. The number of ketones is 1. The van der Waals surface area contributed by atoms with E-state index in [9.17, 15) is 4.79 Å². The van der Waals surface area contributed by atoms with E-state index in [1.54, 1.807) is 6.92 Å². The molecule has 0 aromatic carbocycles. The van der Waals surface area contributed by atoms with Crippen molar-refractivity contribution >= 4 is 5.78 Å². The highest BCUT2D eigenvalue weighted by Crippen LogP contribution is 2.67. The average molecular weight is 320 g/mol. The van der Waals surface area contributed by atoms with Gasteiger partial charge in [0.05, 0.1) is 11.7 Å². The highest BCUT2D eigenvalue weighted by molar-refractivity contribution is 5.76. The summed E-state index contributed by atoms with van der Waals surface area (Å²) in [6, 6.07) is 0. The number of carbonyl (C=O) groups excluding carboxylic acids is 1. The highest BCUT2D eigenvalue weighted by atomic mass is 16.7. The van der Waals surface area contributed by atoms with Crippen molar-refractivity contribution in [2.75, 3.05) is 0 Å². The molecule has 1 aliphatic carbocycles. The Morgan fingerprint density at radius 1 is 1.17 bits per heavy atom. The molecule has 0 aromatic heterocycles. The van der Waals surface area contributed by atoms with Crippen molar-refractivity contribution in [1.29, 1.82) is 0 Å². The van der Waals surface area contributed by atoms with Crippen LogP contribution in [0, 0.1) is 16.7 Å². The summed E-state index contributed by atoms with van der Waals surface area (Å²) in [5.41, 5.74) is -0.178. The van der Waals surface area contributed by atoms with Gasteiger partial charge in [0.2, 0.25) is 0 Å². The van der Waals surface area contributed by atoms with E-state index in [2.05, 4.69) is 34.3 Å². The summed E-state index contributed by atoms with van der Waals surface area (Å²) in [5.74, 6) is 0.0124. The minimum absolute atomic E-state index is 0.0278. The van der Waals surface area contributed by atoms with Crippen molar-refractivity contribution in [3.63, 3.8) is 0 Å². The van der Waals surface area contributed by atoms with Crippen LogP contribution in [0.1, 0.15) is 73.1 Å². The molecule has 2 aliphatic heterocycles. The first-order chi connectivity index (χ1) is 10.6. The van der Waals surface area contributed by atoms with Crippen LogP contribution in [-0.2, 0) is 14.3 Å². The van der Waals surface area contributed by atoms with E-state index < -0.39 is 5.79 Å². The lowest BCUT2D eigenvalue weighted by Gasteiger charge is -2.51. The maximum absolute atomic E-state index is 11.8. The maximum atomic E-state index is 11.8. The normalized spacial score (nSPS) is 48.4. The molecule has 23 heavy (non-hydrogen) atoms. The van der Waals surface area contributed by atoms with E-state index in [4.69, 9.17) is 9.47 Å². The van der Waals surface area contributed by atoms with E-state index in [0.717, 1.165) is 19.3 Å². The van der Waals surface area contributed by atoms with Gasteiger partial charge in [0, 0.05) is 24.2 Å². The number of rotatable bonds is 3. The molecule has 3 fully saturated rings. The summed E-state index contributed by atoms with van der Waals surface area (Å²) in [6.07, 6.45) is 7.73. The third-order valence-corrected chi connectivity index (χ3v) is 6.90. The zero-order valence-electron chi connectivity index (χ0n) is 15.4. The minimum atomic E-state index is -0.557. The topological polar surface area (TPSA) is 35.5 Å². The monoisotopic (exact) mass is 320 g/mol. The number of hydrogen-bond donors (Lipinski definition) is 0. The second kappa shape index (κ2) is 5.16. The van der Waals surface area contributed by atoms with E-state index in [-0.39, 0.29) is 28.3 Å². The van der Waals surface area contributed by atoms with Gasteiger partial charge in [-0.15, -0.1) is 6.58 Å². The average Bonchev–Trinajstić information content (AvgIpc) is 2.87. The van der Waals surface area contributed by atoms with Gasteiger partial charge in [-0.2, -0.15) is 0 Å². The van der Waals surface area contributed by atoms with Crippen LogP contribution in [0.5, 0.6) is 0 Å². The van der Waals surface area contributed by atoms with Crippen molar-refractivity contribution in [2.24, 2.45) is 16.7 Å². The van der Waals surface area contributed by atoms with Crippen molar-refractivity contribution in [3.8, 4) is 0 Å². The molecule has 3 heteroatoms. The Hall–Kier alpha value is -0.670.